The van der Waals surface area contributed by atoms with Crippen molar-refractivity contribution in [1.29, 1.82) is 0 Å². The summed E-state index contributed by atoms with van der Waals surface area (Å²) in [7, 11) is 0. The molecule has 0 fully saturated rings. The minimum absolute atomic E-state index is 0.0506. The summed E-state index contributed by atoms with van der Waals surface area (Å²) < 4.78 is 26.4. The van der Waals surface area contributed by atoms with E-state index in [2.05, 4.69) is 10.6 Å². The van der Waals surface area contributed by atoms with Gasteiger partial charge in [0.05, 0.1) is 6.04 Å². The molecule has 1 rings (SSSR count). The fraction of sp³-hybridized carbons (Fsp3) is 0.500. The van der Waals surface area contributed by atoms with Gasteiger partial charge in [0.25, 0.3) is 0 Å². The van der Waals surface area contributed by atoms with Crippen molar-refractivity contribution < 1.29 is 13.6 Å². The molecule has 0 aliphatic carbocycles. The van der Waals surface area contributed by atoms with Gasteiger partial charge in [-0.05, 0) is 33.8 Å². The van der Waals surface area contributed by atoms with Crippen LogP contribution in [0, 0.1) is 11.6 Å². The molecule has 0 saturated heterocycles. The maximum atomic E-state index is 13.6. The molecule has 19 heavy (non-hydrogen) atoms. The molecule has 2 N–H and O–H groups in total. The average molecular weight is 270 g/mol. The molecule has 2 atom stereocenters. The quantitative estimate of drug-likeness (QED) is 0.863. The maximum Gasteiger partial charge on any atom is 0.237 e. The van der Waals surface area contributed by atoms with Gasteiger partial charge in [-0.2, -0.15) is 0 Å². The van der Waals surface area contributed by atoms with Gasteiger partial charge in [-0.1, -0.05) is 6.07 Å². The van der Waals surface area contributed by atoms with E-state index in [1.54, 1.807) is 13.8 Å². The van der Waals surface area contributed by atoms with Crippen LogP contribution in [-0.2, 0) is 4.79 Å². The summed E-state index contributed by atoms with van der Waals surface area (Å²) in [5, 5.41) is 5.75. The Balaban J connectivity index is 2.68. The van der Waals surface area contributed by atoms with Crippen LogP contribution in [0.2, 0.25) is 0 Å². The van der Waals surface area contributed by atoms with E-state index in [0.29, 0.717) is 5.56 Å². The maximum absolute atomic E-state index is 13.6. The van der Waals surface area contributed by atoms with Crippen LogP contribution in [0.25, 0.3) is 0 Å². The Bertz CT molecular complexity index is 449. The number of halogens is 2. The molecule has 106 valence electrons. The third-order valence-corrected chi connectivity index (χ3v) is 2.75. The smallest absolute Gasteiger partial charge is 0.237 e. The van der Waals surface area contributed by atoms with Crippen LogP contribution in [0.15, 0.2) is 18.2 Å². The molecule has 1 aromatic rings. The molecule has 0 spiro atoms. The lowest BCUT2D eigenvalue weighted by molar-refractivity contribution is -0.123. The Labute approximate surface area is 112 Å². The van der Waals surface area contributed by atoms with Crippen molar-refractivity contribution in [2.75, 3.05) is 0 Å². The number of hydrogen-bond acceptors (Lipinski definition) is 2. The predicted octanol–water partition coefficient (Wildman–Crippen LogP) is 2.53. The van der Waals surface area contributed by atoms with Crippen LogP contribution < -0.4 is 10.6 Å². The van der Waals surface area contributed by atoms with E-state index >= 15 is 0 Å². The molecule has 3 nitrogen and oxygen atoms in total. The molecule has 0 saturated carbocycles. The second kappa shape index (κ2) is 6.61. The number of hydrogen-bond donors (Lipinski definition) is 2. The largest absolute Gasteiger partial charge is 0.353 e. The first kappa shape index (κ1) is 15.6. The third-order valence-electron chi connectivity index (χ3n) is 2.75. The highest BCUT2D eigenvalue weighted by atomic mass is 19.1. The van der Waals surface area contributed by atoms with Gasteiger partial charge in [-0.3, -0.25) is 10.1 Å². The van der Waals surface area contributed by atoms with Crippen LogP contribution in [-0.4, -0.2) is 18.0 Å². The van der Waals surface area contributed by atoms with Gasteiger partial charge >= 0.3 is 0 Å². The molecule has 0 heterocycles. The number of nitrogens with one attached hydrogen (secondary N) is 2. The van der Waals surface area contributed by atoms with E-state index in [0.717, 1.165) is 6.07 Å². The molecular weight excluding hydrogens is 250 g/mol. The van der Waals surface area contributed by atoms with Gasteiger partial charge in [-0.15, -0.1) is 0 Å². The van der Waals surface area contributed by atoms with Crippen molar-refractivity contribution in [2.24, 2.45) is 0 Å². The molecule has 0 bridgehead atoms. The lowest BCUT2D eigenvalue weighted by Gasteiger charge is -2.21. The van der Waals surface area contributed by atoms with Crippen molar-refractivity contribution in [2.45, 2.75) is 45.8 Å². The lowest BCUT2D eigenvalue weighted by atomic mass is 10.1. The SMILES string of the molecule is CC(C)NC(=O)C(C)NC(C)c1ccc(F)cc1F. The van der Waals surface area contributed by atoms with E-state index in [1.165, 1.54) is 12.1 Å². The summed E-state index contributed by atoms with van der Waals surface area (Å²) in [6.07, 6.45) is 0. The Kier molecular flexibility index (Phi) is 5.42. The first-order valence-electron chi connectivity index (χ1n) is 6.32. The highest BCUT2D eigenvalue weighted by Crippen LogP contribution is 2.18. The fourth-order valence-corrected chi connectivity index (χ4v) is 1.80. The summed E-state index contributed by atoms with van der Waals surface area (Å²) >= 11 is 0. The minimum atomic E-state index is -0.614. The third kappa shape index (κ3) is 4.59. The van der Waals surface area contributed by atoms with Crippen LogP contribution >= 0.6 is 0 Å². The molecule has 0 aliphatic heterocycles. The zero-order valence-corrected chi connectivity index (χ0v) is 11.6. The molecule has 5 heteroatoms. The van der Waals surface area contributed by atoms with Gasteiger partial charge < -0.3 is 5.32 Å². The minimum Gasteiger partial charge on any atom is -0.353 e. The van der Waals surface area contributed by atoms with Gasteiger partial charge in [0, 0.05) is 23.7 Å². The van der Waals surface area contributed by atoms with Gasteiger partial charge in [0.15, 0.2) is 0 Å². The van der Waals surface area contributed by atoms with Crippen molar-refractivity contribution in [3.8, 4) is 0 Å². The summed E-state index contributed by atoms with van der Waals surface area (Å²) in [5.41, 5.74) is 0.339. The van der Waals surface area contributed by atoms with Crippen LogP contribution in [0.3, 0.4) is 0 Å². The monoisotopic (exact) mass is 270 g/mol. The lowest BCUT2D eigenvalue weighted by Crippen LogP contribution is -2.45. The van der Waals surface area contributed by atoms with Crippen LogP contribution in [0.1, 0.15) is 39.3 Å². The normalized spacial score (nSPS) is 14.3. The zero-order valence-electron chi connectivity index (χ0n) is 11.6. The first-order valence-corrected chi connectivity index (χ1v) is 6.32. The molecule has 0 radical (unpaired) electrons. The second-order valence-electron chi connectivity index (χ2n) is 4.94. The first-order chi connectivity index (χ1) is 8.81. The van der Waals surface area contributed by atoms with E-state index < -0.39 is 17.7 Å². The fourth-order valence-electron chi connectivity index (χ4n) is 1.80. The Morgan fingerprint density at radius 2 is 1.79 bits per heavy atom. The zero-order chi connectivity index (χ0) is 14.6. The summed E-state index contributed by atoms with van der Waals surface area (Å²) in [6, 6.07) is 2.64. The van der Waals surface area contributed by atoms with Gasteiger partial charge in [0.2, 0.25) is 5.91 Å². The standard InChI is InChI=1S/C14H20F2N2O/c1-8(2)17-14(19)10(4)18-9(3)12-6-5-11(15)7-13(12)16/h5-10,18H,1-4H3,(H,17,19). The van der Waals surface area contributed by atoms with Crippen molar-refractivity contribution >= 4 is 5.91 Å². The van der Waals surface area contributed by atoms with E-state index in [4.69, 9.17) is 0 Å². The van der Waals surface area contributed by atoms with Gasteiger partial charge in [0.1, 0.15) is 11.6 Å². The van der Waals surface area contributed by atoms with Crippen LogP contribution in [0.5, 0.6) is 0 Å². The van der Waals surface area contributed by atoms with Crippen molar-refractivity contribution in [3.63, 3.8) is 0 Å². The number of benzene rings is 1. The Morgan fingerprint density at radius 3 is 2.32 bits per heavy atom. The highest BCUT2D eigenvalue weighted by Gasteiger charge is 2.18. The predicted molar refractivity (Wildman–Crippen MR) is 70.6 cm³/mol. The summed E-state index contributed by atoms with van der Waals surface area (Å²) in [4.78, 5) is 11.7. The number of amides is 1. The number of carbonyl (C=O) groups excluding carboxylic acids is 1. The highest BCUT2D eigenvalue weighted by molar-refractivity contribution is 5.81. The molecule has 1 amide bonds. The van der Waals surface area contributed by atoms with Gasteiger partial charge in [-0.25, -0.2) is 8.78 Å². The topological polar surface area (TPSA) is 41.1 Å². The molecular formula is C14H20F2N2O. The van der Waals surface area contributed by atoms with E-state index in [9.17, 15) is 13.6 Å². The second-order valence-corrected chi connectivity index (χ2v) is 4.94. The van der Waals surface area contributed by atoms with E-state index in [1.807, 2.05) is 13.8 Å². The van der Waals surface area contributed by atoms with Crippen LogP contribution in [0.4, 0.5) is 8.78 Å². The Hall–Kier alpha value is -1.49. The average Bonchev–Trinajstić information content (AvgIpc) is 2.27. The summed E-state index contributed by atoms with van der Waals surface area (Å²) in [6.45, 7) is 7.17. The molecule has 1 aromatic carbocycles. The Morgan fingerprint density at radius 1 is 1.16 bits per heavy atom. The summed E-state index contributed by atoms with van der Waals surface area (Å²) in [5.74, 6) is -1.38. The molecule has 0 aromatic heterocycles. The van der Waals surface area contributed by atoms with E-state index in [-0.39, 0.29) is 18.0 Å². The number of rotatable bonds is 5. The molecule has 0 aliphatic rings. The number of carbonyl (C=O) groups is 1. The van der Waals surface area contributed by atoms with Crippen molar-refractivity contribution in [3.05, 3.63) is 35.4 Å². The molecule has 2 unspecified atom stereocenters. The van der Waals surface area contributed by atoms with Crippen molar-refractivity contribution in [1.82, 2.24) is 10.6 Å².